The molecule has 1 amide bonds. The zero-order chi connectivity index (χ0) is 16.8. The van der Waals surface area contributed by atoms with Crippen LogP contribution in [0.4, 0.5) is 10.8 Å². The van der Waals surface area contributed by atoms with Gasteiger partial charge in [-0.05, 0) is 17.9 Å². The van der Waals surface area contributed by atoms with E-state index in [2.05, 4.69) is 14.7 Å². The molecule has 2 aromatic rings. The number of carbonyl (C=O) groups is 1. The number of amides is 1. The molecule has 0 unspecified atom stereocenters. The van der Waals surface area contributed by atoms with E-state index in [9.17, 15) is 14.9 Å². The predicted octanol–water partition coefficient (Wildman–Crippen LogP) is 2.71. The Morgan fingerprint density at radius 2 is 2.35 bits per heavy atom. The largest absolute Gasteiger partial charge is 0.296 e. The van der Waals surface area contributed by atoms with Crippen LogP contribution in [0.5, 0.6) is 0 Å². The van der Waals surface area contributed by atoms with Gasteiger partial charge in [-0.25, -0.2) is 0 Å². The van der Waals surface area contributed by atoms with Crippen molar-refractivity contribution in [3.05, 3.63) is 45.5 Å². The molecule has 1 N–H and O–H groups in total. The molecule has 23 heavy (non-hydrogen) atoms. The molecule has 0 fully saturated rings. The first-order chi connectivity index (χ1) is 11.0. The van der Waals surface area contributed by atoms with Crippen LogP contribution >= 0.6 is 23.3 Å². The van der Waals surface area contributed by atoms with Crippen molar-refractivity contribution in [3.63, 3.8) is 0 Å². The van der Waals surface area contributed by atoms with Crippen LogP contribution in [0, 0.1) is 21.4 Å². The molecule has 2 rings (SSSR count). The van der Waals surface area contributed by atoms with Gasteiger partial charge in [-0.1, -0.05) is 23.9 Å². The fourth-order valence-electron chi connectivity index (χ4n) is 1.55. The maximum Gasteiger partial charge on any atom is 0.270 e. The normalized spacial score (nSPS) is 10.9. The lowest BCUT2D eigenvalue weighted by Gasteiger charge is -2.00. The van der Waals surface area contributed by atoms with Crippen molar-refractivity contribution in [3.8, 4) is 6.07 Å². The minimum absolute atomic E-state index is 0.120. The van der Waals surface area contributed by atoms with Gasteiger partial charge in [-0.3, -0.25) is 20.2 Å². The van der Waals surface area contributed by atoms with Gasteiger partial charge >= 0.3 is 0 Å². The summed E-state index contributed by atoms with van der Waals surface area (Å²) in [6.07, 6.45) is 3.08. The molecule has 0 radical (unpaired) electrons. The number of nitro benzene ring substituents is 1. The molecule has 10 heteroatoms. The van der Waals surface area contributed by atoms with Gasteiger partial charge in [0.1, 0.15) is 11.6 Å². The maximum absolute atomic E-state index is 12.1. The van der Waals surface area contributed by atoms with Crippen molar-refractivity contribution >= 4 is 46.1 Å². The van der Waals surface area contributed by atoms with E-state index >= 15 is 0 Å². The molecule has 1 aromatic carbocycles. The number of nitrogens with zero attached hydrogens (tertiary/aromatic N) is 4. The Kier molecular flexibility index (Phi) is 5.40. The van der Waals surface area contributed by atoms with E-state index in [1.54, 1.807) is 18.4 Å². The molecule has 0 aliphatic heterocycles. The minimum Gasteiger partial charge on any atom is -0.296 e. The van der Waals surface area contributed by atoms with Crippen molar-refractivity contribution in [2.45, 2.75) is 5.16 Å². The molecular formula is C13H9N5O3S2. The monoisotopic (exact) mass is 347 g/mol. The first-order valence-corrected chi connectivity index (χ1v) is 8.08. The highest BCUT2D eigenvalue weighted by Crippen LogP contribution is 2.19. The minimum atomic E-state index is -0.650. The second-order valence-electron chi connectivity index (χ2n) is 4.06. The Morgan fingerprint density at radius 3 is 2.96 bits per heavy atom. The predicted molar refractivity (Wildman–Crippen MR) is 87.0 cm³/mol. The molecule has 0 atom stereocenters. The Morgan fingerprint density at radius 1 is 1.57 bits per heavy atom. The lowest BCUT2D eigenvalue weighted by molar-refractivity contribution is -0.384. The molecule has 0 bridgehead atoms. The molecule has 0 spiro atoms. The van der Waals surface area contributed by atoms with Gasteiger partial charge in [0.2, 0.25) is 10.3 Å². The lowest BCUT2D eigenvalue weighted by atomic mass is 10.1. The summed E-state index contributed by atoms with van der Waals surface area (Å²) in [5.41, 5.74) is 0.0737. The van der Waals surface area contributed by atoms with Crippen LogP contribution in [0.1, 0.15) is 5.56 Å². The third-order valence-electron chi connectivity index (χ3n) is 2.57. The second-order valence-corrected chi connectivity index (χ2v) is 5.59. The lowest BCUT2D eigenvalue weighted by Crippen LogP contribution is -2.13. The number of hydrogen-bond acceptors (Lipinski definition) is 8. The average Bonchev–Trinajstić information content (AvgIpc) is 3.00. The van der Waals surface area contributed by atoms with Crippen LogP contribution in [0.3, 0.4) is 0 Å². The van der Waals surface area contributed by atoms with Crippen molar-refractivity contribution in [1.82, 2.24) is 9.36 Å². The van der Waals surface area contributed by atoms with Crippen LogP contribution in [0.25, 0.3) is 6.08 Å². The summed E-state index contributed by atoms with van der Waals surface area (Å²) in [7, 11) is 0. The maximum atomic E-state index is 12.1. The number of nitrogens with one attached hydrogen (secondary N) is 1. The summed E-state index contributed by atoms with van der Waals surface area (Å²) in [6.45, 7) is 0. The zero-order valence-electron chi connectivity index (χ0n) is 11.7. The molecule has 1 heterocycles. The summed E-state index contributed by atoms with van der Waals surface area (Å²) in [5, 5.41) is 23.1. The Labute approximate surface area is 139 Å². The zero-order valence-corrected chi connectivity index (χ0v) is 13.3. The van der Waals surface area contributed by atoms with Crippen molar-refractivity contribution < 1.29 is 9.72 Å². The number of aromatic nitrogens is 2. The second kappa shape index (κ2) is 7.48. The number of anilines is 1. The van der Waals surface area contributed by atoms with E-state index in [0.29, 0.717) is 10.7 Å². The Balaban J connectivity index is 2.21. The van der Waals surface area contributed by atoms with E-state index in [-0.39, 0.29) is 16.4 Å². The molecule has 116 valence electrons. The van der Waals surface area contributed by atoms with Gasteiger partial charge in [-0.2, -0.15) is 14.6 Å². The standard InChI is InChI=1S/C13H9N5O3S2/c1-22-13-16-12(23-17-13)15-11(19)9(7-14)5-8-3-2-4-10(6-8)18(20)21/h2-6H,1H3,(H,15,16,17,19)/b9-5-. The van der Waals surface area contributed by atoms with Crippen molar-refractivity contribution in [2.75, 3.05) is 11.6 Å². The van der Waals surface area contributed by atoms with Crippen LogP contribution in [-0.4, -0.2) is 26.4 Å². The van der Waals surface area contributed by atoms with Crippen molar-refractivity contribution in [1.29, 1.82) is 5.26 Å². The van der Waals surface area contributed by atoms with Gasteiger partial charge in [0, 0.05) is 23.7 Å². The van der Waals surface area contributed by atoms with E-state index in [4.69, 9.17) is 5.26 Å². The molecule has 0 aliphatic carbocycles. The highest BCUT2D eigenvalue weighted by atomic mass is 32.2. The number of hydrogen-bond donors (Lipinski definition) is 1. The molecule has 8 nitrogen and oxygen atoms in total. The molecule has 0 saturated heterocycles. The summed E-state index contributed by atoms with van der Waals surface area (Å²) < 4.78 is 3.99. The SMILES string of the molecule is CSc1nsc(NC(=O)/C(C#N)=C\c2cccc([N+](=O)[O-])c2)n1. The van der Waals surface area contributed by atoms with E-state index in [1.807, 2.05) is 0 Å². The molecular weight excluding hydrogens is 338 g/mol. The van der Waals surface area contributed by atoms with Gasteiger partial charge in [-0.15, -0.1) is 0 Å². The fourth-order valence-corrected chi connectivity index (χ4v) is 2.67. The number of benzene rings is 1. The van der Waals surface area contributed by atoms with Crippen molar-refractivity contribution in [2.24, 2.45) is 0 Å². The quantitative estimate of drug-likeness (QED) is 0.290. The summed E-state index contributed by atoms with van der Waals surface area (Å²) in [6, 6.07) is 7.42. The first kappa shape index (κ1) is 16.6. The molecule has 0 aliphatic rings. The first-order valence-electron chi connectivity index (χ1n) is 6.09. The van der Waals surface area contributed by atoms with Gasteiger partial charge in [0.05, 0.1) is 4.92 Å². The van der Waals surface area contributed by atoms with E-state index in [0.717, 1.165) is 11.5 Å². The number of non-ortho nitro benzene ring substituents is 1. The van der Waals surface area contributed by atoms with Crippen LogP contribution in [0.15, 0.2) is 35.0 Å². The number of thioether (sulfide) groups is 1. The van der Waals surface area contributed by atoms with Crippen LogP contribution < -0.4 is 5.32 Å². The topological polar surface area (TPSA) is 122 Å². The Hall–Kier alpha value is -2.77. The van der Waals surface area contributed by atoms with E-state index < -0.39 is 10.8 Å². The van der Waals surface area contributed by atoms with Gasteiger partial charge < -0.3 is 0 Å². The van der Waals surface area contributed by atoms with E-state index in [1.165, 1.54) is 36.0 Å². The van der Waals surface area contributed by atoms with Crippen LogP contribution in [-0.2, 0) is 4.79 Å². The smallest absolute Gasteiger partial charge is 0.270 e. The Bertz CT molecular complexity index is 825. The third-order valence-corrected chi connectivity index (χ3v) is 3.86. The average molecular weight is 347 g/mol. The summed E-state index contributed by atoms with van der Waals surface area (Å²) >= 11 is 2.33. The number of rotatable bonds is 5. The summed E-state index contributed by atoms with van der Waals surface area (Å²) in [4.78, 5) is 26.3. The third kappa shape index (κ3) is 4.35. The van der Waals surface area contributed by atoms with Gasteiger partial charge in [0.15, 0.2) is 0 Å². The molecule has 0 saturated carbocycles. The summed E-state index contributed by atoms with van der Waals surface area (Å²) in [5.74, 6) is -0.650. The number of nitriles is 1. The highest BCUT2D eigenvalue weighted by Gasteiger charge is 2.13. The highest BCUT2D eigenvalue weighted by molar-refractivity contribution is 7.98. The van der Waals surface area contributed by atoms with Crippen LogP contribution in [0.2, 0.25) is 0 Å². The fraction of sp³-hybridized carbons (Fsp3) is 0.0769. The number of carbonyl (C=O) groups excluding carboxylic acids is 1. The molecule has 1 aromatic heterocycles. The number of nitro groups is 1. The van der Waals surface area contributed by atoms with Gasteiger partial charge in [0.25, 0.3) is 11.6 Å².